The summed E-state index contributed by atoms with van der Waals surface area (Å²) in [7, 11) is 0. The third kappa shape index (κ3) is 4.45. The van der Waals surface area contributed by atoms with E-state index in [1.807, 2.05) is 55.5 Å². The zero-order valence-electron chi connectivity index (χ0n) is 13.7. The fourth-order valence-electron chi connectivity index (χ4n) is 2.18. The Kier molecular flexibility index (Phi) is 5.14. The number of hydrogen-bond acceptors (Lipinski definition) is 4. The Balaban J connectivity index is 1.83. The molecule has 0 fully saturated rings. The van der Waals surface area contributed by atoms with Gasteiger partial charge in [0.2, 0.25) is 5.90 Å². The average molecular weight is 398 g/mol. The number of nitrogens with zero attached hydrogens (tertiary/aromatic N) is 1. The van der Waals surface area contributed by atoms with Crippen molar-refractivity contribution in [2.24, 2.45) is 4.99 Å². The van der Waals surface area contributed by atoms with Crippen molar-refractivity contribution in [2.45, 2.75) is 6.92 Å². The summed E-state index contributed by atoms with van der Waals surface area (Å²) in [4.78, 5) is 16.4. The summed E-state index contributed by atoms with van der Waals surface area (Å²) >= 11 is 3.37. The maximum absolute atomic E-state index is 12.1. The molecule has 0 saturated heterocycles. The van der Waals surface area contributed by atoms with E-state index in [-0.39, 0.29) is 5.70 Å². The number of carbonyl (C=O) groups excluding carboxylic acids is 1. The number of cyclic esters (lactones) is 1. The largest absolute Gasteiger partial charge is 0.489 e. The number of ether oxygens (including phenoxy) is 2. The van der Waals surface area contributed by atoms with Crippen LogP contribution in [0.3, 0.4) is 0 Å². The Morgan fingerprint density at radius 3 is 2.76 bits per heavy atom. The van der Waals surface area contributed by atoms with Gasteiger partial charge in [-0.3, -0.25) is 0 Å². The highest BCUT2D eigenvalue weighted by Crippen LogP contribution is 2.22. The number of hydrogen-bond donors (Lipinski definition) is 0. The molecule has 5 heteroatoms. The molecule has 0 bridgehead atoms. The topological polar surface area (TPSA) is 47.9 Å². The molecule has 1 heterocycles. The molecule has 0 saturated carbocycles. The minimum Gasteiger partial charge on any atom is -0.489 e. The zero-order valence-corrected chi connectivity index (χ0v) is 15.2. The molecule has 0 atom stereocenters. The van der Waals surface area contributed by atoms with Gasteiger partial charge in [0.15, 0.2) is 5.70 Å². The van der Waals surface area contributed by atoms with Crippen molar-refractivity contribution in [3.63, 3.8) is 0 Å². The predicted molar refractivity (Wildman–Crippen MR) is 101 cm³/mol. The first-order chi connectivity index (χ1) is 12.0. The molecule has 3 rings (SSSR count). The maximum atomic E-state index is 12.1. The van der Waals surface area contributed by atoms with Crippen LogP contribution < -0.4 is 4.74 Å². The fraction of sp³-hybridized carbons (Fsp3) is 0.100. The highest BCUT2D eigenvalue weighted by atomic mass is 79.9. The summed E-state index contributed by atoms with van der Waals surface area (Å²) < 4.78 is 11.8. The number of aliphatic imine (C=N–C) groups is 1. The van der Waals surface area contributed by atoms with Crippen LogP contribution in [0, 0.1) is 0 Å². The number of rotatable bonds is 5. The van der Waals surface area contributed by atoms with Crippen molar-refractivity contribution in [3.8, 4) is 5.75 Å². The Hall–Kier alpha value is -2.66. The lowest BCUT2D eigenvalue weighted by atomic mass is 10.2. The van der Waals surface area contributed by atoms with E-state index in [0.29, 0.717) is 18.3 Å². The second-order valence-electron chi connectivity index (χ2n) is 5.66. The lowest BCUT2D eigenvalue weighted by Gasteiger charge is -2.06. The van der Waals surface area contributed by atoms with Crippen molar-refractivity contribution in [1.29, 1.82) is 0 Å². The number of carbonyl (C=O) groups is 1. The van der Waals surface area contributed by atoms with E-state index in [4.69, 9.17) is 9.47 Å². The second-order valence-corrected chi connectivity index (χ2v) is 6.58. The molecule has 4 nitrogen and oxygen atoms in total. The normalized spacial score (nSPS) is 15.0. The average Bonchev–Trinajstić information content (AvgIpc) is 2.95. The predicted octanol–water partition coefficient (Wildman–Crippen LogP) is 4.75. The monoisotopic (exact) mass is 397 g/mol. The van der Waals surface area contributed by atoms with Crippen molar-refractivity contribution in [2.75, 3.05) is 6.61 Å². The van der Waals surface area contributed by atoms with Crippen LogP contribution in [0.2, 0.25) is 0 Å². The smallest absolute Gasteiger partial charge is 0.363 e. The number of benzene rings is 2. The van der Waals surface area contributed by atoms with Crippen LogP contribution in [-0.2, 0) is 9.53 Å². The van der Waals surface area contributed by atoms with Gasteiger partial charge in [0.1, 0.15) is 12.4 Å². The lowest BCUT2D eigenvalue weighted by molar-refractivity contribution is -0.129. The van der Waals surface area contributed by atoms with Crippen LogP contribution in [0.5, 0.6) is 5.75 Å². The molecule has 2 aromatic rings. The van der Waals surface area contributed by atoms with Crippen LogP contribution >= 0.6 is 15.9 Å². The van der Waals surface area contributed by atoms with Gasteiger partial charge in [-0.2, -0.15) is 0 Å². The summed E-state index contributed by atoms with van der Waals surface area (Å²) in [5.41, 5.74) is 2.76. The summed E-state index contributed by atoms with van der Waals surface area (Å²) in [5, 5.41) is 0. The van der Waals surface area contributed by atoms with Crippen LogP contribution in [-0.4, -0.2) is 18.5 Å². The van der Waals surface area contributed by atoms with Gasteiger partial charge >= 0.3 is 5.97 Å². The Bertz CT molecular complexity index is 882. The molecular weight excluding hydrogens is 382 g/mol. The van der Waals surface area contributed by atoms with E-state index >= 15 is 0 Å². The van der Waals surface area contributed by atoms with E-state index < -0.39 is 5.97 Å². The molecule has 0 unspecified atom stereocenters. The number of esters is 1. The van der Waals surface area contributed by atoms with E-state index in [9.17, 15) is 4.79 Å². The van der Waals surface area contributed by atoms with E-state index in [2.05, 4.69) is 27.5 Å². The summed E-state index contributed by atoms with van der Waals surface area (Å²) in [5.74, 6) is 0.547. The molecule has 0 N–H and O–H groups in total. The molecule has 0 spiro atoms. The van der Waals surface area contributed by atoms with Crippen molar-refractivity contribution < 1.29 is 14.3 Å². The Morgan fingerprint density at radius 2 is 2.04 bits per heavy atom. The van der Waals surface area contributed by atoms with E-state index in [1.54, 1.807) is 6.08 Å². The highest BCUT2D eigenvalue weighted by molar-refractivity contribution is 9.10. The van der Waals surface area contributed by atoms with E-state index in [1.165, 1.54) is 0 Å². The van der Waals surface area contributed by atoms with Gasteiger partial charge < -0.3 is 9.47 Å². The molecule has 25 heavy (non-hydrogen) atoms. The third-order valence-corrected chi connectivity index (χ3v) is 3.89. The van der Waals surface area contributed by atoms with Crippen LogP contribution in [0.4, 0.5) is 0 Å². The fourth-order valence-corrected chi connectivity index (χ4v) is 2.45. The standard InChI is InChI=1S/C20H16BrNO3/c1-13(2)12-24-17-5-3-4-14(10-17)11-18-20(23)25-19(22-18)15-6-8-16(21)9-7-15/h3-11H,1,12H2,2H3/b18-11-. The molecule has 126 valence electrons. The second kappa shape index (κ2) is 7.49. The van der Waals surface area contributed by atoms with Crippen molar-refractivity contribution in [3.05, 3.63) is 82.0 Å². The lowest BCUT2D eigenvalue weighted by Crippen LogP contribution is -2.05. The van der Waals surface area contributed by atoms with Gasteiger partial charge in [-0.1, -0.05) is 34.6 Å². The molecule has 0 aliphatic carbocycles. The van der Waals surface area contributed by atoms with Gasteiger partial charge in [-0.25, -0.2) is 9.79 Å². The number of halogens is 1. The zero-order chi connectivity index (χ0) is 17.8. The minimum atomic E-state index is -0.467. The molecular formula is C20H16BrNO3. The SMILES string of the molecule is C=C(C)COc1cccc(/C=C2\N=C(c3ccc(Br)cc3)OC2=O)c1. The Labute approximate surface area is 154 Å². The quantitative estimate of drug-likeness (QED) is 0.415. The molecule has 0 amide bonds. The van der Waals surface area contributed by atoms with Gasteiger partial charge in [0, 0.05) is 10.0 Å². The summed E-state index contributed by atoms with van der Waals surface area (Å²) in [6, 6.07) is 14.9. The molecule has 2 aromatic carbocycles. The molecule has 0 radical (unpaired) electrons. The van der Waals surface area contributed by atoms with Crippen LogP contribution in [0.25, 0.3) is 6.08 Å². The first kappa shape index (κ1) is 17.2. The van der Waals surface area contributed by atoms with Gasteiger partial charge in [-0.15, -0.1) is 0 Å². The molecule has 1 aliphatic rings. The summed E-state index contributed by atoms with van der Waals surface area (Å²) in [6.07, 6.45) is 1.68. The van der Waals surface area contributed by atoms with Crippen molar-refractivity contribution >= 4 is 33.9 Å². The van der Waals surface area contributed by atoms with Gasteiger partial charge in [0.05, 0.1) is 0 Å². The van der Waals surface area contributed by atoms with Gasteiger partial charge in [-0.05, 0) is 60.5 Å². The highest BCUT2D eigenvalue weighted by Gasteiger charge is 2.24. The molecule has 1 aliphatic heterocycles. The van der Waals surface area contributed by atoms with Crippen LogP contribution in [0.1, 0.15) is 18.1 Å². The first-order valence-corrected chi connectivity index (χ1v) is 8.46. The minimum absolute atomic E-state index is 0.259. The third-order valence-electron chi connectivity index (χ3n) is 3.36. The molecule has 0 aromatic heterocycles. The summed E-state index contributed by atoms with van der Waals surface area (Å²) in [6.45, 7) is 6.16. The van der Waals surface area contributed by atoms with Crippen LogP contribution in [0.15, 0.2) is 75.8 Å². The van der Waals surface area contributed by atoms with E-state index in [0.717, 1.165) is 21.2 Å². The first-order valence-electron chi connectivity index (χ1n) is 7.67. The van der Waals surface area contributed by atoms with Crippen molar-refractivity contribution in [1.82, 2.24) is 0 Å². The van der Waals surface area contributed by atoms with Gasteiger partial charge in [0.25, 0.3) is 0 Å². The maximum Gasteiger partial charge on any atom is 0.363 e. The Morgan fingerprint density at radius 1 is 1.28 bits per heavy atom.